The minimum atomic E-state index is -4.25. The van der Waals surface area contributed by atoms with Gasteiger partial charge in [-0.25, -0.2) is 12.8 Å². The van der Waals surface area contributed by atoms with E-state index in [-0.39, 0.29) is 29.5 Å². The lowest BCUT2D eigenvalue weighted by molar-refractivity contribution is -0.140. The van der Waals surface area contributed by atoms with Crippen LogP contribution in [-0.2, 0) is 32.6 Å². The van der Waals surface area contributed by atoms with E-state index in [4.69, 9.17) is 0 Å². The number of nitrogens with one attached hydrogen (secondary N) is 1. The van der Waals surface area contributed by atoms with Crippen molar-refractivity contribution in [3.05, 3.63) is 131 Å². The number of benzene rings is 4. The normalized spacial score (nSPS) is 11.9. The zero-order valence-corrected chi connectivity index (χ0v) is 26.1. The average molecular weight is 616 g/mol. The number of anilines is 1. The van der Waals surface area contributed by atoms with Crippen LogP contribution in [0.2, 0.25) is 0 Å². The highest BCUT2D eigenvalue weighted by molar-refractivity contribution is 7.92. The zero-order valence-electron chi connectivity index (χ0n) is 25.2. The van der Waals surface area contributed by atoms with E-state index in [1.807, 2.05) is 75.4 Å². The lowest BCUT2D eigenvalue weighted by atomic mass is 10.0. The standard InChI is InChI=1S/C35H38FN3O4S/c1-4-22-37-35(41)33(23-28-11-6-5-7-12-28)38(24-29-13-9-8-10-27(29)3)34(40)25-39(31-18-16-30(36)17-19-31)44(42,43)32-20-14-26(2)15-21-32/h5-21,33H,4,22-25H2,1-3H3,(H,37,41)/t33-/m1/s1. The predicted octanol–water partition coefficient (Wildman–Crippen LogP) is 5.80. The van der Waals surface area contributed by atoms with Crippen molar-refractivity contribution in [3.8, 4) is 0 Å². The molecule has 0 saturated carbocycles. The van der Waals surface area contributed by atoms with Gasteiger partial charge in [0.15, 0.2) is 0 Å². The number of rotatable bonds is 13. The predicted molar refractivity (Wildman–Crippen MR) is 171 cm³/mol. The van der Waals surface area contributed by atoms with E-state index in [2.05, 4.69) is 5.32 Å². The zero-order chi connectivity index (χ0) is 31.7. The van der Waals surface area contributed by atoms with Crippen molar-refractivity contribution < 1.29 is 22.4 Å². The minimum absolute atomic E-state index is 0.00722. The number of carbonyl (C=O) groups is 2. The molecule has 0 radical (unpaired) electrons. The number of nitrogens with zero attached hydrogens (tertiary/aromatic N) is 2. The van der Waals surface area contributed by atoms with Gasteiger partial charge in [-0.2, -0.15) is 0 Å². The third-order valence-corrected chi connectivity index (χ3v) is 9.21. The van der Waals surface area contributed by atoms with Crippen LogP contribution < -0.4 is 9.62 Å². The smallest absolute Gasteiger partial charge is 0.264 e. The molecule has 0 aliphatic carbocycles. The molecule has 0 unspecified atom stereocenters. The Labute approximate surface area is 259 Å². The molecule has 4 aromatic rings. The van der Waals surface area contributed by atoms with Crippen LogP contribution in [0.1, 0.15) is 35.6 Å². The molecule has 1 N–H and O–H groups in total. The van der Waals surface area contributed by atoms with Gasteiger partial charge in [-0.15, -0.1) is 0 Å². The molecule has 0 spiro atoms. The third kappa shape index (κ3) is 8.11. The van der Waals surface area contributed by atoms with E-state index in [1.54, 1.807) is 12.1 Å². The Morgan fingerprint density at radius 2 is 1.48 bits per heavy atom. The summed E-state index contributed by atoms with van der Waals surface area (Å²) in [5.41, 5.74) is 3.62. The van der Waals surface area contributed by atoms with E-state index in [1.165, 1.54) is 29.2 Å². The fraction of sp³-hybridized carbons (Fsp3) is 0.257. The van der Waals surface area contributed by atoms with Gasteiger partial charge < -0.3 is 10.2 Å². The fourth-order valence-electron chi connectivity index (χ4n) is 4.86. The van der Waals surface area contributed by atoms with Gasteiger partial charge in [0, 0.05) is 19.5 Å². The summed E-state index contributed by atoms with van der Waals surface area (Å²) < 4.78 is 42.9. The first-order chi connectivity index (χ1) is 21.1. The Morgan fingerprint density at radius 3 is 2.11 bits per heavy atom. The highest BCUT2D eigenvalue weighted by atomic mass is 32.2. The molecule has 0 aliphatic heterocycles. The second-order valence-electron chi connectivity index (χ2n) is 10.7. The van der Waals surface area contributed by atoms with E-state index in [0.717, 1.165) is 38.7 Å². The largest absolute Gasteiger partial charge is 0.354 e. The van der Waals surface area contributed by atoms with Crippen LogP contribution in [0.15, 0.2) is 108 Å². The Kier molecular flexibility index (Phi) is 10.9. The van der Waals surface area contributed by atoms with E-state index in [9.17, 15) is 22.4 Å². The lowest BCUT2D eigenvalue weighted by Crippen LogP contribution is -2.53. The Bertz CT molecular complexity index is 1660. The van der Waals surface area contributed by atoms with Crippen molar-refractivity contribution in [2.45, 2.75) is 51.1 Å². The number of sulfonamides is 1. The molecule has 4 rings (SSSR count). The molecule has 0 saturated heterocycles. The first-order valence-corrected chi connectivity index (χ1v) is 16.0. The molecule has 44 heavy (non-hydrogen) atoms. The molecule has 0 bridgehead atoms. The monoisotopic (exact) mass is 615 g/mol. The fourth-order valence-corrected chi connectivity index (χ4v) is 6.28. The first-order valence-electron chi connectivity index (χ1n) is 14.6. The molecule has 0 heterocycles. The van der Waals surface area contributed by atoms with Gasteiger partial charge in [0.05, 0.1) is 10.6 Å². The molecule has 230 valence electrons. The average Bonchev–Trinajstić information content (AvgIpc) is 3.02. The number of hydrogen-bond donors (Lipinski definition) is 1. The molecular weight excluding hydrogens is 577 g/mol. The van der Waals surface area contributed by atoms with Gasteiger partial charge in [0.25, 0.3) is 10.0 Å². The second-order valence-corrected chi connectivity index (χ2v) is 12.6. The molecule has 0 aromatic heterocycles. The van der Waals surface area contributed by atoms with Gasteiger partial charge >= 0.3 is 0 Å². The van der Waals surface area contributed by atoms with Crippen molar-refractivity contribution in [3.63, 3.8) is 0 Å². The second kappa shape index (κ2) is 14.8. The summed E-state index contributed by atoms with van der Waals surface area (Å²) in [6.45, 7) is 5.63. The highest BCUT2D eigenvalue weighted by Crippen LogP contribution is 2.26. The maximum Gasteiger partial charge on any atom is 0.264 e. The van der Waals surface area contributed by atoms with Crippen LogP contribution >= 0.6 is 0 Å². The van der Waals surface area contributed by atoms with Crippen molar-refractivity contribution in [1.29, 1.82) is 0 Å². The van der Waals surface area contributed by atoms with Crippen LogP contribution in [0.25, 0.3) is 0 Å². The molecule has 7 nitrogen and oxygen atoms in total. The number of aryl methyl sites for hydroxylation is 2. The Hall–Kier alpha value is -4.50. The summed E-state index contributed by atoms with van der Waals surface area (Å²) in [6.07, 6.45) is 0.942. The number of hydrogen-bond acceptors (Lipinski definition) is 4. The van der Waals surface area contributed by atoms with Crippen LogP contribution in [-0.4, -0.2) is 44.3 Å². The first kappa shape index (κ1) is 32.4. The molecular formula is C35H38FN3O4S. The number of carbonyl (C=O) groups excluding carboxylic acids is 2. The molecule has 0 aliphatic rings. The number of halogens is 1. The Morgan fingerprint density at radius 1 is 0.841 bits per heavy atom. The molecule has 0 fully saturated rings. The minimum Gasteiger partial charge on any atom is -0.354 e. The van der Waals surface area contributed by atoms with Crippen molar-refractivity contribution in [2.75, 3.05) is 17.4 Å². The maximum absolute atomic E-state index is 14.4. The summed E-state index contributed by atoms with van der Waals surface area (Å²) in [4.78, 5) is 29.6. The lowest BCUT2D eigenvalue weighted by Gasteiger charge is -2.34. The van der Waals surface area contributed by atoms with Gasteiger partial charge in [-0.1, -0.05) is 79.2 Å². The van der Waals surface area contributed by atoms with E-state index < -0.39 is 34.3 Å². The van der Waals surface area contributed by atoms with Crippen molar-refractivity contribution >= 4 is 27.5 Å². The van der Waals surface area contributed by atoms with Crippen LogP contribution in [0.3, 0.4) is 0 Å². The summed E-state index contributed by atoms with van der Waals surface area (Å²) in [6, 6.07) is 27.3. The third-order valence-electron chi connectivity index (χ3n) is 7.42. The summed E-state index contributed by atoms with van der Waals surface area (Å²) in [7, 11) is -4.25. The van der Waals surface area contributed by atoms with Crippen molar-refractivity contribution in [2.24, 2.45) is 0 Å². The van der Waals surface area contributed by atoms with Gasteiger partial charge in [-0.05, 0) is 73.4 Å². The van der Waals surface area contributed by atoms with Gasteiger partial charge in [0.2, 0.25) is 11.8 Å². The SMILES string of the molecule is CCCNC(=O)[C@@H](Cc1ccccc1)N(Cc1ccccc1C)C(=O)CN(c1ccc(F)cc1)S(=O)(=O)c1ccc(C)cc1. The molecule has 4 aromatic carbocycles. The summed E-state index contributed by atoms with van der Waals surface area (Å²) >= 11 is 0. The van der Waals surface area contributed by atoms with E-state index >= 15 is 0 Å². The van der Waals surface area contributed by atoms with Gasteiger partial charge in [0.1, 0.15) is 18.4 Å². The topological polar surface area (TPSA) is 86.8 Å². The van der Waals surface area contributed by atoms with Crippen LogP contribution in [0.4, 0.5) is 10.1 Å². The quantitative estimate of drug-likeness (QED) is 0.206. The van der Waals surface area contributed by atoms with Gasteiger partial charge in [-0.3, -0.25) is 13.9 Å². The highest BCUT2D eigenvalue weighted by Gasteiger charge is 2.34. The van der Waals surface area contributed by atoms with Crippen molar-refractivity contribution in [1.82, 2.24) is 10.2 Å². The molecule has 1 atom stereocenters. The maximum atomic E-state index is 14.4. The molecule has 2 amide bonds. The number of amides is 2. The molecule has 9 heteroatoms. The van der Waals surface area contributed by atoms with Crippen LogP contribution in [0.5, 0.6) is 0 Å². The van der Waals surface area contributed by atoms with Crippen LogP contribution in [0, 0.1) is 19.7 Å². The Balaban J connectivity index is 1.80. The summed E-state index contributed by atoms with van der Waals surface area (Å²) in [5, 5.41) is 2.93. The van der Waals surface area contributed by atoms with E-state index in [0.29, 0.717) is 13.0 Å². The summed E-state index contributed by atoms with van der Waals surface area (Å²) in [5.74, 6) is -1.43.